The number of para-hydroxylation sites is 1. The van der Waals surface area contributed by atoms with Crippen LogP contribution >= 0.6 is 11.6 Å². The van der Waals surface area contributed by atoms with Crippen molar-refractivity contribution < 1.29 is 4.74 Å². The summed E-state index contributed by atoms with van der Waals surface area (Å²) in [6.45, 7) is 0. The van der Waals surface area contributed by atoms with Crippen molar-refractivity contribution in [1.29, 1.82) is 0 Å². The van der Waals surface area contributed by atoms with Crippen LogP contribution in [0.4, 0.5) is 0 Å². The third-order valence-electron chi connectivity index (χ3n) is 4.85. The van der Waals surface area contributed by atoms with Crippen molar-refractivity contribution in [3.05, 3.63) is 94.8 Å². The molecule has 5 rings (SSSR count). The first-order chi connectivity index (χ1) is 12.8. The molecule has 2 aliphatic heterocycles. The van der Waals surface area contributed by atoms with E-state index in [9.17, 15) is 0 Å². The molecule has 0 spiro atoms. The molecule has 4 nitrogen and oxygen atoms in total. The summed E-state index contributed by atoms with van der Waals surface area (Å²) < 4.78 is 6.32. The van der Waals surface area contributed by atoms with Crippen LogP contribution in [0.25, 0.3) is 0 Å². The quantitative estimate of drug-likeness (QED) is 0.646. The number of nitrogens with zero attached hydrogens (tertiary/aromatic N) is 3. The van der Waals surface area contributed by atoms with Gasteiger partial charge in [0, 0.05) is 40.5 Å². The molecule has 0 bridgehead atoms. The zero-order valence-corrected chi connectivity index (χ0v) is 14.7. The smallest absolute Gasteiger partial charge is 0.213 e. The van der Waals surface area contributed by atoms with Gasteiger partial charge in [-0.2, -0.15) is 5.10 Å². The van der Waals surface area contributed by atoms with Crippen molar-refractivity contribution >= 4 is 17.3 Å². The molecule has 26 heavy (non-hydrogen) atoms. The molecule has 128 valence electrons. The number of hydrogen-bond acceptors (Lipinski definition) is 4. The molecule has 3 heterocycles. The lowest BCUT2D eigenvalue weighted by Crippen LogP contribution is -2.33. The Morgan fingerprint density at radius 2 is 1.85 bits per heavy atom. The largest absolute Gasteiger partial charge is 0.464 e. The van der Waals surface area contributed by atoms with E-state index in [-0.39, 0.29) is 12.3 Å². The molecule has 0 aliphatic carbocycles. The van der Waals surface area contributed by atoms with E-state index in [0.717, 1.165) is 29.0 Å². The minimum absolute atomic E-state index is 0.149. The number of hydrazone groups is 1. The lowest BCUT2D eigenvalue weighted by molar-refractivity contribution is -0.0190. The Kier molecular flexibility index (Phi) is 3.64. The minimum atomic E-state index is -0.277. The molecule has 0 saturated carbocycles. The highest BCUT2D eigenvalue weighted by atomic mass is 35.5. The average Bonchev–Trinajstić information content (AvgIpc) is 3.14. The lowest BCUT2D eigenvalue weighted by Gasteiger charge is -2.38. The second-order valence-corrected chi connectivity index (χ2v) is 6.88. The number of hydrogen-bond donors (Lipinski definition) is 0. The second-order valence-electron chi connectivity index (χ2n) is 6.45. The molecule has 0 fully saturated rings. The molecule has 2 aliphatic rings. The fraction of sp³-hybridized carbons (Fsp3) is 0.143. The maximum atomic E-state index is 6.32. The molecular formula is C21H16ClN3O. The summed E-state index contributed by atoms with van der Waals surface area (Å²) in [6, 6.07) is 20.1. The fourth-order valence-electron chi connectivity index (χ4n) is 3.59. The Hall–Kier alpha value is -2.85. The Balaban J connectivity index is 1.60. The number of ether oxygens (including phenoxy) is 1. The fourth-order valence-corrected chi connectivity index (χ4v) is 3.72. The van der Waals surface area contributed by atoms with Crippen LogP contribution < -0.4 is 4.74 Å². The molecule has 3 aromatic rings. The number of pyridine rings is 1. The summed E-state index contributed by atoms with van der Waals surface area (Å²) in [5.41, 5.74) is 4.28. The highest BCUT2D eigenvalue weighted by Gasteiger charge is 2.40. The van der Waals surface area contributed by atoms with Gasteiger partial charge in [0.25, 0.3) is 0 Å². The van der Waals surface area contributed by atoms with Gasteiger partial charge in [-0.25, -0.2) is 5.01 Å². The van der Waals surface area contributed by atoms with Crippen LogP contribution in [0.3, 0.4) is 0 Å². The SMILES string of the molecule is Clc1ccc([C@H]2Oc3ccccc3[C@@H]3CC(c4cccnc4)=NN23)cc1. The van der Waals surface area contributed by atoms with E-state index in [4.69, 9.17) is 21.4 Å². The van der Waals surface area contributed by atoms with Crippen LogP contribution in [0, 0.1) is 0 Å². The third kappa shape index (κ3) is 2.54. The Bertz CT molecular complexity index is 972. The number of aromatic nitrogens is 1. The predicted octanol–water partition coefficient (Wildman–Crippen LogP) is 4.98. The number of fused-ring (bicyclic) bond motifs is 3. The lowest BCUT2D eigenvalue weighted by atomic mass is 9.96. The van der Waals surface area contributed by atoms with E-state index < -0.39 is 0 Å². The van der Waals surface area contributed by atoms with Gasteiger partial charge in [-0.3, -0.25) is 4.98 Å². The van der Waals surface area contributed by atoms with E-state index >= 15 is 0 Å². The summed E-state index contributed by atoms with van der Waals surface area (Å²) in [4.78, 5) is 4.23. The summed E-state index contributed by atoms with van der Waals surface area (Å²) in [6.07, 6.45) is 4.19. The first-order valence-corrected chi connectivity index (χ1v) is 8.95. The Labute approximate surface area is 156 Å². The van der Waals surface area contributed by atoms with Gasteiger partial charge in [-0.1, -0.05) is 48.0 Å². The second kappa shape index (κ2) is 6.15. The molecule has 0 saturated heterocycles. The van der Waals surface area contributed by atoms with Gasteiger partial charge in [0.1, 0.15) is 5.75 Å². The van der Waals surface area contributed by atoms with E-state index in [1.807, 2.05) is 60.8 Å². The van der Waals surface area contributed by atoms with Crippen LogP contribution in [-0.2, 0) is 0 Å². The number of halogens is 1. The molecule has 2 aromatic carbocycles. The monoisotopic (exact) mass is 361 g/mol. The summed E-state index contributed by atoms with van der Waals surface area (Å²) >= 11 is 6.06. The molecule has 2 atom stereocenters. The number of rotatable bonds is 2. The number of benzene rings is 2. The van der Waals surface area contributed by atoms with Crippen LogP contribution in [0.15, 0.2) is 78.2 Å². The molecule has 0 unspecified atom stereocenters. The molecule has 0 radical (unpaired) electrons. The van der Waals surface area contributed by atoms with E-state index in [2.05, 4.69) is 16.1 Å². The van der Waals surface area contributed by atoms with Gasteiger partial charge in [-0.05, 0) is 24.3 Å². The van der Waals surface area contributed by atoms with Crippen molar-refractivity contribution in [3.63, 3.8) is 0 Å². The van der Waals surface area contributed by atoms with Crippen LogP contribution in [0.1, 0.15) is 35.4 Å². The van der Waals surface area contributed by atoms with Gasteiger partial charge < -0.3 is 4.74 Å². The maximum absolute atomic E-state index is 6.32. The van der Waals surface area contributed by atoms with Crippen LogP contribution in [-0.4, -0.2) is 15.7 Å². The van der Waals surface area contributed by atoms with Crippen LogP contribution in [0.5, 0.6) is 5.75 Å². The van der Waals surface area contributed by atoms with Crippen LogP contribution in [0.2, 0.25) is 5.02 Å². The van der Waals surface area contributed by atoms with Gasteiger partial charge in [0.15, 0.2) is 0 Å². The van der Waals surface area contributed by atoms with Gasteiger partial charge in [-0.15, -0.1) is 0 Å². The maximum Gasteiger partial charge on any atom is 0.213 e. The van der Waals surface area contributed by atoms with Crippen molar-refractivity contribution in [2.45, 2.75) is 18.7 Å². The van der Waals surface area contributed by atoms with E-state index in [0.29, 0.717) is 5.02 Å². The predicted molar refractivity (Wildman–Crippen MR) is 101 cm³/mol. The summed E-state index contributed by atoms with van der Waals surface area (Å²) in [5, 5.41) is 7.69. The van der Waals surface area contributed by atoms with E-state index in [1.54, 1.807) is 6.20 Å². The molecular weight excluding hydrogens is 346 g/mol. The zero-order valence-electron chi connectivity index (χ0n) is 13.9. The van der Waals surface area contributed by atoms with Crippen molar-refractivity contribution in [2.75, 3.05) is 0 Å². The minimum Gasteiger partial charge on any atom is -0.464 e. The first kappa shape index (κ1) is 15.4. The van der Waals surface area contributed by atoms with Gasteiger partial charge >= 0.3 is 0 Å². The first-order valence-electron chi connectivity index (χ1n) is 8.57. The zero-order chi connectivity index (χ0) is 17.5. The molecule has 5 heteroatoms. The van der Waals surface area contributed by atoms with Gasteiger partial charge in [0.05, 0.1) is 11.8 Å². The Morgan fingerprint density at radius 1 is 1.00 bits per heavy atom. The van der Waals surface area contributed by atoms with Crippen molar-refractivity contribution in [3.8, 4) is 5.75 Å². The van der Waals surface area contributed by atoms with Gasteiger partial charge in [0.2, 0.25) is 6.23 Å². The molecule has 0 N–H and O–H groups in total. The van der Waals surface area contributed by atoms with E-state index in [1.165, 1.54) is 5.56 Å². The highest BCUT2D eigenvalue weighted by molar-refractivity contribution is 6.30. The van der Waals surface area contributed by atoms with Crippen molar-refractivity contribution in [2.24, 2.45) is 5.10 Å². The summed E-state index contributed by atoms with van der Waals surface area (Å²) in [5.74, 6) is 0.913. The highest BCUT2D eigenvalue weighted by Crippen LogP contribution is 2.47. The molecule has 1 aromatic heterocycles. The summed E-state index contributed by atoms with van der Waals surface area (Å²) in [7, 11) is 0. The molecule has 0 amide bonds. The standard InChI is InChI=1S/C21H16ClN3O/c22-16-9-7-14(8-10-16)21-25-19(17-5-1-2-6-20(17)26-21)12-18(24-25)15-4-3-11-23-13-15/h1-11,13,19,21H,12H2/t19-,21+/m0/s1. The van der Waals surface area contributed by atoms with Crippen molar-refractivity contribution in [1.82, 2.24) is 9.99 Å². The normalized spacial score (nSPS) is 20.8. The average molecular weight is 362 g/mol. The topological polar surface area (TPSA) is 37.7 Å². The third-order valence-corrected chi connectivity index (χ3v) is 5.10. The Morgan fingerprint density at radius 3 is 2.65 bits per heavy atom.